The predicted octanol–water partition coefficient (Wildman–Crippen LogP) is 6.34. The van der Waals surface area contributed by atoms with E-state index in [-0.39, 0.29) is 42.8 Å². The monoisotopic (exact) mass is 676 g/mol. The fourth-order valence-corrected chi connectivity index (χ4v) is 7.28. The minimum absolute atomic E-state index is 0.0265. The summed E-state index contributed by atoms with van der Waals surface area (Å²) in [5, 5.41) is 12.6. The number of aliphatic hydroxyl groups is 1. The summed E-state index contributed by atoms with van der Waals surface area (Å²) in [6.45, 7) is 5.18. The Morgan fingerprint density at radius 2 is 1.48 bits per heavy atom. The summed E-state index contributed by atoms with van der Waals surface area (Å²) in [4.78, 5) is 27.1. The number of ether oxygens (including phenoxy) is 4. The van der Waals surface area contributed by atoms with E-state index in [0.717, 1.165) is 53.7 Å². The second kappa shape index (κ2) is 15.3. The van der Waals surface area contributed by atoms with Gasteiger partial charge in [0, 0.05) is 55.2 Å². The molecule has 3 heterocycles. The van der Waals surface area contributed by atoms with Crippen molar-refractivity contribution in [3.63, 3.8) is 0 Å². The molecule has 4 unspecified atom stereocenters. The van der Waals surface area contributed by atoms with Crippen molar-refractivity contribution in [2.75, 3.05) is 38.2 Å². The smallest absolute Gasteiger partial charge is 0.228 e. The molecule has 9 heteroatoms. The van der Waals surface area contributed by atoms with Gasteiger partial charge in [-0.1, -0.05) is 91.0 Å². The average molecular weight is 677 g/mol. The van der Waals surface area contributed by atoms with Crippen LogP contribution in [0, 0.1) is 0 Å². The summed E-state index contributed by atoms with van der Waals surface area (Å²) in [5.74, 6) is -0.768. The highest BCUT2D eigenvalue weighted by atomic mass is 16.7. The van der Waals surface area contributed by atoms with Crippen molar-refractivity contribution in [1.82, 2.24) is 4.90 Å². The highest BCUT2D eigenvalue weighted by Crippen LogP contribution is 2.47. The van der Waals surface area contributed by atoms with Gasteiger partial charge in [0.05, 0.1) is 38.4 Å². The highest BCUT2D eigenvalue weighted by molar-refractivity contribution is 5.97. The number of aliphatic hydroxyl groups excluding tert-OH is 1. The van der Waals surface area contributed by atoms with Gasteiger partial charge in [-0.2, -0.15) is 0 Å². The average Bonchev–Trinajstić information content (AvgIpc) is 3.61. The van der Waals surface area contributed by atoms with Crippen LogP contribution in [0.2, 0.25) is 0 Å². The summed E-state index contributed by atoms with van der Waals surface area (Å²) in [6.07, 6.45) is 0.659. The molecule has 2 N–H and O–H groups in total. The van der Waals surface area contributed by atoms with Crippen LogP contribution in [-0.4, -0.2) is 66.4 Å². The Hall–Kier alpha value is -4.22. The Labute approximate surface area is 293 Å². The van der Waals surface area contributed by atoms with Crippen LogP contribution in [0.15, 0.2) is 103 Å². The lowest BCUT2D eigenvalue weighted by Crippen LogP contribution is -2.50. The fourth-order valence-electron chi connectivity index (χ4n) is 7.28. The molecule has 0 radical (unpaired) electrons. The molecule has 3 aliphatic rings. The number of anilines is 1. The first-order chi connectivity index (χ1) is 24.4. The molecule has 0 aliphatic carbocycles. The van der Waals surface area contributed by atoms with Crippen LogP contribution in [-0.2, 0) is 36.8 Å². The van der Waals surface area contributed by atoms with Gasteiger partial charge >= 0.3 is 0 Å². The molecular weight excluding hydrogens is 632 g/mol. The van der Waals surface area contributed by atoms with Gasteiger partial charge in [0.1, 0.15) is 0 Å². The van der Waals surface area contributed by atoms with E-state index in [0.29, 0.717) is 31.0 Å². The van der Waals surface area contributed by atoms with Crippen LogP contribution >= 0.6 is 0 Å². The number of likely N-dealkylation sites (tertiary alicyclic amines) is 1. The van der Waals surface area contributed by atoms with Gasteiger partial charge < -0.3 is 34.3 Å². The van der Waals surface area contributed by atoms with Crippen molar-refractivity contribution < 1.29 is 33.6 Å². The first-order valence-corrected chi connectivity index (χ1v) is 17.4. The lowest BCUT2D eigenvalue weighted by atomic mass is 9.83. The zero-order valence-electron chi connectivity index (χ0n) is 28.3. The molecule has 7 rings (SSSR count). The number of hydrogen-bond donors (Lipinski definition) is 2. The SMILES string of the molecule is CC(=O)c1cccc(NC(=O)Cc2ccc(C3OC(CN4CCC5(CC4)OCCO5)C(c4ccccc4)C(c4ccc(CO)cc4)O3)cc2)c1. The standard InChI is InChI=1S/C41H44N2O7/c1-28(45)34-8-5-9-35(25-34)42-37(46)24-29-10-16-33(17-11-29)40-49-36(26-43-20-18-41(19-21-43)47-22-23-48-41)38(31-6-3-2-4-7-31)39(50-40)32-14-12-30(27-44)13-15-32/h2-17,25,36,38-40,44H,18-24,26-27H2,1H3,(H,42,46). The summed E-state index contributed by atoms with van der Waals surface area (Å²) in [7, 11) is 0. The van der Waals surface area contributed by atoms with E-state index in [9.17, 15) is 14.7 Å². The highest BCUT2D eigenvalue weighted by Gasteiger charge is 2.45. The number of carbonyl (C=O) groups is 2. The van der Waals surface area contributed by atoms with Crippen molar-refractivity contribution in [3.05, 3.63) is 137 Å². The first-order valence-electron chi connectivity index (χ1n) is 17.4. The van der Waals surface area contributed by atoms with Gasteiger partial charge in [0.15, 0.2) is 17.9 Å². The molecule has 0 bridgehead atoms. The van der Waals surface area contributed by atoms with Gasteiger partial charge in [-0.05, 0) is 41.3 Å². The molecule has 3 fully saturated rings. The van der Waals surface area contributed by atoms with Crippen LogP contribution in [0.5, 0.6) is 0 Å². The number of Topliss-reactive ketones (excluding diaryl/α,β-unsaturated/α-hetero) is 1. The van der Waals surface area contributed by atoms with Gasteiger partial charge in [-0.15, -0.1) is 0 Å². The fraction of sp³-hybridized carbons (Fsp3) is 0.366. The quantitative estimate of drug-likeness (QED) is 0.188. The first kappa shape index (κ1) is 34.2. The zero-order valence-corrected chi connectivity index (χ0v) is 28.3. The number of carbonyl (C=O) groups excluding carboxylic acids is 2. The molecule has 4 aromatic carbocycles. The molecule has 3 aliphatic heterocycles. The van der Waals surface area contributed by atoms with Crippen molar-refractivity contribution in [1.29, 1.82) is 0 Å². The van der Waals surface area contributed by atoms with Crippen LogP contribution < -0.4 is 5.32 Å². The Balaban J connectivity index is 1.12. The van der Waals surface area contributed by atoms with E-state index in [1.807, 2.05) is 54.6 Å². The van der Waals surface area contributed by atoms with Crippen LogP contribution in [0.3, 0.4) is 0 Å². The zero-order chi connectivity index (χ0) is 34.5. The number of piperidine rings is 1. The van der Waals surface area contributed by atoms with E-state index < -0.39 is 12.1 Å². The minimum atomic E-state index is -0.641. The maximum Gasteiger partial charge on any atom is 0.228 e. The Morgan fingerprint density at radius 3 is 2.16 bits per heavy atom. The lowest BCUT2D eigenvalue weighted by Gasteiger charge is -2.46. The maximum absolute atomic E-state index is 12.9. The van der Waals surface area contributed by atoms with Gasteiger partial charge in [-0.3, -0.25) is 9.59 Å². The summed E-state index contributed by atoms with van der Waals surface area (Å²) in [5.41, 5.74) is 5.85. The number of amides is 1. The molecule has 0 saturated carbocycles. The van der Waals surface area contributed by atoms with Crippen molar-refractivity contribution >= 4 is 17.4 Å². The molecule has 3 saturated heterocycles. The third-order valence-electron chi connectivity index (χ3n) is 10.0. The van der Waals surface area contributed by atoms with E-state index in [2.05, 4.69) is 34.5 Å². The number of ketones is 1. The Morgan fingerprint density at radius 1 is 0.800 bits per heavy atom. The number of nitrogens with one attached hydrogen (secondary N) is 1. The third kappa shape index (κ3) is 7.89. The summed E-state index contributed by atoms with van der Waals surface area (Å²) >= 11 is 0. The Kier molecular flexibility index (Phi) is 10.5. The lowest BCUT2D eigenvalue weighted by molar-refractivity contribution is -0.265. The van der Waals surface area contributed by atoms with Crippen molar-refractivity contribution in [2.45, 2.75) is 63.0 Å². The number of rotatable bonds is 10. The number of benzene rings is 4. The normalized spacial score (nSPS) is 23.5. The van der Waals surface area contributed by atoms with Gasteiger partial charge in [0.25, 0.3) is 0 Å². The topological polar surface area (TPSA) is 107 Å². The van der Waals surface area contributed by atoms with E-state index >= 15 is 0 Å². The van der Waals surface area contributed by atoms with E-state index in [4.69, 9.17) is 18.9 Å². The third-order valence-corrected chi connectivity index (χ3v) is 10.0. The number of hydrogen-bond acceptors (Lipinski definition) is 8. The largest absolute Gasteiger partial charge is 0.392 e. The second-order valence-electron chi connectivity index (χ2n) is 13.4. The van der Waals surface area contributed by atoms with Gasteiger partial charge in [0.2, 0.25) is 5.91 Å². The molecule has 1 spiro atoms. The van der Waals surface area contributed by atoms with Crippen molar-refractivity contribution in [2.24, 2.45) is 0 Å². The van der Waals surface area contributed by atoms with Crippen LogP contribution in [0.1, 0.15) is 76.3 Å². The molecule has 4 aromatic rings. The predicted molar refractivity (Wildman–Crippen MR) is 189 cm³/mol. The maximum atomic E-state index is 12.9. The summed E-state index contributed by atoms with van der Waals surface area (Å²) < 4.78 is 25.8. The van der Waals surface area contributed by atoms with Crippen molar-refractivity contribution in [3.8, 4) is 0 Å². The van der Waals surface area contributed by atoms with E-state index in [1.54, 1.807) is 24.3 Å². The van der Waals surface area contributed by atoms with Gasteiger partial charge in [-0.25, -0.2) is 0 Å². The number of nitrogens with zero attached hydrogens (tertiary/aromatic N) is 1. The molecular formula is C41H44N2O7. The molecule has 1 amide bonds. The molecule has 0 aromatic heterocycles. The van der Waals surface area contributed by atoms with Crippen LogP contribution in [0.25, 0.3) is 0 Å². The molecule has 50 heavy (non-hydrogen) atoms. The minimum Gasteiger partial charge on any atom is -0.392 e. The molecule has 9 nitrogen and oxygen atoms in total. The second-order valence-corrected chi connectivity index (χ2v) is 13.4. The molecule has 260 valence electrons. The summed E-state index contributed by atoms with van der Waals surface area (Å²) in [6, 6.07) is 33.1. The van der Waals surface area contributed by atoms with E-state index in [1.165, 1.54) is 6.92 Å². The Bertz CT molecular complexity index is 1750. The van der Waals surface area contributed by atoms with Crippen LogP contribution in [0.4, 0.5) is 5.69 Å². The molecule has 4 atom stereocenters.